The number of halogens is 2. The number of hydrogen-bond acceptors (Lipinski definition) is 13. The molecule has 10 rings (SSSR count). The van der Waals surface area contributed by atoms with Crippen molar-refractivity contribution < 1.29 is 57.0 Å². The second-order valence-corrected chi connectivity index (χ2v) is 19.7. The molecule has 4 aliphatic rings. The lowest BCUT2D eigenvalue weighted by atomic mass is 9.84. The fourth-order valence-corrected chi connectivity index (χ4v) is 10.5. The Kier molecular flexibility index (Phi) is 15.8. The summed E-state index contributed by atoms with van der Waals surface area (Å²) in [6.45, 7) is 1.55. The van der Waals surface area contributed by atoms with Crippen LogP contribution >= 0.6 is 23.2 Å². The quantitative estimate of drug-likeness (QED) is 0.0715. The number of aromatic nitrogens is 2. The van der Waals surface area contributed by atoms with Gasteiger partial charge in [-0.3, -0.25) is 28.8 Å². The van der Waals surface area contributed by atoms with Gasteiger partial charge in [-0.15, -0.1) is 0 Å². The lowest BCUT2D eigenvalue weighted by Gasteiger charge is -2.34. The molecule has 5 N–H and O–H groups in total. The standard InChI is InChI=1S/C27H27ClN4O6.C26H25ClN4O6/c1-37-27(36)16-6-10-20-19(13-16)23(24(38-20)26(35)30-21-11-7-17(28)14-29-21)31-25(34)15-4-8-18(9-5-15)32-12-2-3-22(32)33;27-16-6-10-20(28-13-16)29-25(34)23-22(18-12-15(26(35)36)5-9-19(18)37-23)30-24(33)14-3-7-17(8-4-14)31-11-1-2-21(31)32/h6-7,10-11,13-15,18H,2-5,8-9,12H2,1H3,(H,31,34)(H,29,30,35);5-6,9-10,12-14,17H,1-4,7-8,11H2,(H,30,33)(H,35,36)(H,28,29,34). The molecule has 2 aromatic carbocycles. The van der Waals surface area contributed by atoms with E-state index < -0.39 is 23.8 Å². The number of aromatic carboxylic acids is 1. The van der Waals surface area contributed by atoms with Crippen LogP contribution in [0.15, 0.2) is 81.9 Å². The Morgan fingerprint density at radius 1 is 0.600 bits per heavy atom. The fourth-order valence-electron chi connectivity index (χ4n) is 10.2. The van der Waals surface area contributed by atoms with Crippen LogP contribution in [0.2, 0.25) is 10.0 Å². The number of carbonyl (C=O) groups excluding carboxylic acids is 7. The largest absolute Gasteiger partial charge is 0.478 e. The predicted molar refractivity (Wildman–Crippen MR) is 276 cm³/mol. The van der Waals surface area contributed by atoms with Gasteiger partial charge >= 0.3 is 11.9 Å². The zero-order valence-corrected chi connectivity index (χ0v) is 42.1. The van der Waals surface area contributed by atoms with E-state index in [4.69, 9.17) is 36.8 Å². The minimum Gasteiger partial charge on any atom is -0.478 e. The molecule has 6 aromatic rings. The van der Waals surface area contributed by atoms with Gasteiger partial charge in [0.15, 0.2) is 0 Å². The van der Waals surface area contributed by atoms with Crippen LogP contribution in [0.1, 0.15) is 119 Å². The molecule has 2 aliphatic heterocycles. The van der Waals surface area contributed by atoms with Crippen molar-refractivity contribution in [2.24, 2.45) is 11.8 Å². The lowest BCUT2D eigenvalue weighted by Crippen LogP contribution is -2.40. The maximum Gasteiger partial charge on any atom is 0.337 e. The van der Waals surface area contributed by atoms with Crippen molar-refractivity contribution in [1.29, 1.82) is 0 Å². The number of ether oxygens (including phenoxy) is 1. The summed E-state index contributed by atoms with van der Waals surface area (Å²) < 4.78 is 16.4. The van der Waals surface area contributed by atoms with Gasteiger partial charge < -0.3 is 49.7 Å². The Morgan fingerprint density at radius 3 is 1.40 bits per heavy atom. The first kappa shape index (κ1) is 52.0. The number of methoxy groups -OCH3 is 1. The van der Waals surface area contributed by atoms with Gasteiger partial charge in [-0.1, -0.05) is 23.2 Å². The molecule has 4 aromatic heterocycles. The lowest BCUT2D eigenvalue weighted by molar-refractivity contribution is -0.131. The number of amides is 6. The van der Waals surface area contributed by atoms with Gasteiger partial charge in [-0.2, -0.15) is 0 Å². The minimum atomic E-state index is -1.15. The van der Waals surface area contributed by atoms with E-state index in [0.717, 1.165) is 51.6 Å². The Morgan fingerprint density at radius 2 is 1.03 bits per heavy atom. The van der Waals surface area contributed by atoms with E-state index in [1.54, 1.807) is 24.3 Å². The van der Waals surface area contributed by atoms with Gasteiger partial charge in [-0.05, 0) is 125 Å². The SMILES string of the molecule is COC(=O)c1ccc2oc(C(=O)Nc3ccc(Cl)cn3)c(NC(=O)C3CCC(N4CCCC4=O)CC3)c2c1.O=C(O)c1ccc2oc(C(=O)Nc3ccc(Cl)cn3)c(NC(=O)C3CCC(N4CCCC4=O)CC3)c2c1. The Balaban J connectivity index is 0.000000184. The van der Waals surface area contributed by atoms with Crippen molar-refractivity contribution in [2.45, 2.75) is 89.1 Å². The molecule has 0 atom stereocenters. The summed E-state index contributed by atoms with van der Waals surface area (Å²) in [7, 11) is 1.27. The average Bonchev–Trinajstić information content (AvgIpc) is 4.23. The van der Waals surface area contributed by atoms with Gasteiger partial charge in [0.05, 0.1) is 28.3 Å². The van der Waals surface area contributed by atoms with Crippen molar-refractivity contribution in [3.63, 3.8) is 0 Å². The van der Waals surface area contributed by atoms with E-state index in [0.29, 0.717) is 64.9 Å². The number of likely N-dealkylation sites (tertiary alicyclic amines) is 2. The summed E-state index contributed by atoms with van der Waals surface area (Å²) >= 11 is 11.7. The number of hydrogen-bond donors (Lipinski definition) is 5. The molecule has 0 radical (unpaired) electrons. The molecule has 75 heavy (non-hydrogen) atoms. The van der Waals surface area contributed by atoms with Crippen LogP contribution in [-0.2, 0) is 23.9 Å². The smallest absolute Gasteiger partial charge is 0.337 e. The molecular formula is C53H52Cl2N8O12. The number of carboxylic acid groups (broad SMARTS) is 1. The van der Waals surface area contributed by atoms with Gasteiger partial charge in [0.1, 0.15) is 34.2 Å². The monoisotopic (exact) mass is 1060 g/mol. The van der Waals surface area contributed by atoms with Crippen molar-refractivity contribution in [1.82, 2.24) is 19.8 Å². The van der Waals surface area contributed by atoms with Crippen molar-refractivity contribution in [3.8, 4) is 0 Å². The molecule has 2 saturated carbocycles. The molecule has 6 amide bonds. The summed E-state index contributed by atoms with van der Waals surface area (Å²) in [6, 6.07) is 15.3. The number of fused-ring (bicyclic) bond motifs is 2. The highest BCUT2D eigenvalue weighted by Crippen LogP contribution is 2.38. The third-order valence-electron chi connectivity index (χ3n) is 14.1. The number of carboxylic acids is 1. The van der Waals surface area contributed by atoms with E-state index in [1.165, 1.54) is 55.9 Å². The molecule has 6 heterocycles. The molecule has 0 unspecified atom stereocenters. The van der Waals surface area contributed by atoms with E-state index in [2.05, 4.69) is 31.2 Å². The second-order valence-electron chi connectivity index (χ2n) is 18.8. The van der Waals surface area contributed by atoms with Crippen LogP contribution in [0.5, 0.6) is 0 Å². The number of nitrogens with zero attached hydrogens (tertiary/aromatic N) is 4. The number of carbonyl (C=O) groups is 8. The van der Waals surface area contributed by atoms with Crippen LogP contribution in [0.4, 0.5) is 23.0 Å². The highest BCUT2D eigenvalue weighted by molar-refractivity contribution is 6.30. The van der Waals surface area contributed by atoms with E-state index in [1.807, 2.05) is 9.80 Å². The van der Waals surface area contributed by atoms with Crippen LogP contribution in [-0.4, -0.2) is 105 Å². The summed E-state index contributed by atoms with van der Waals surface area (Å²) in [5, 5.41) is 21.9. The predicted octanol–water partition coefficient (Wildman–Crippen LogP) is 9.19. The third-order valence-corrected chi connectivity index (χ3v) is 14.6. The fraction of sp³-hybridized carbons (Fsp3) is 0.358. The van der Waals surface area contributed by atoms with Gasteiger partial charge in [-0.25, -0.2) is 19.6 Å². The van der Waals surface area contributed by atoms with Crippen LogP contribution in [0, 0.1) is 11.8 Å². The average molecular weight is 1060 g/mol. The van der Waals surface area contributed by atoms with Crippen molar-refractivity contribution >= 4 is 116 Å². The molecule has 2 aliphatic carbocycles. The first-order chi connectivity index (χ1) is 36.1. The van der Waals surface area contributed by atoms with E-state index in [9.17, 15) is 43.5 Å². The summed E-state index contributed by atoms with van der Waals surface area (Å²) in [6.07, 6.45) is 11.1. The molecular weight excluding hydrogens is 1010 g/mol. The first-order valence-electron chi connectivity index (χ1n) is 24.6. The molecule has 390 valence electrons. The topological polar surface area (TPSA) is 273 Å². The molecule has 22 heteroatoms. The summed E-state index contributed by atoms with van der Waals surface area (Å²) in [5.74, 6) is -3.55. The van der Waals surface area contributed by atoms with Gasteiger partial charge in [0, 0.05) is 73.0 Å². The van der Waals surface area contributed by atoms with Crippen molar-refractivity contribution in [3.05, 3.63) is 106 Å². The molecule has 4 fully saturated rings. The number of furan rings is 2. The normalized spacial score (nSPS) is 19.6. The van der Waals surface area contributed by atoms with E-state index in [-0.39, 0.29) is 98.8 Å². The second kappa shape index (κ2) is 22.7. The highest BCUT2D eigenvalue weighted by atomic mass is 35.5. The third kappa shape index (κ3) is 11.8. The molecule has 0 bridgehead atoms. The van der Waals surface area contributed by atoms with E-state index >= 15 is 0 Å². The van der Waals surface area contributed by atoms with Crippen LogP contribution < -0.4 is 21.3 Å². The number of esters is 1. The highest BCUT2D eigenvalue weighted by Gasteiger charge is 2.36. The minimum absolute atomic E-state index is 0.00841. The molecule has 0 spiro atoms. The summed E-state index contributed by atoms with van der Waals surface area (Å²) in [4.78, 5) is 113. The zero-order valence-electron chi connectivity index (χ0n) is 40.6. The first-order valence-corrected chi connectivity index (χ1v) is 25.4. The van der Waals surface area contributed by atoms with Gasteiger partial charge in [0.25, 0.3) is 11.8 Å². The number of benzene rings is 2. The van der Waals surface area contributed by atoms with Crippen LogP contribution in [0.25, 0.3) is 21.9 Å². The van der Waals surface area contributed by atoms with Gasteiger partial charge in [0.2, 0.25) is 35.1 Å². The Hall–Kier alpha value is -7.84. The molecule has 2 saturated heterocycles. The van der Waals surface area contributed by atoms with Crippen molar-refractivity contribution in [2.75, 3.05) is 41.5 Å². The number of nitrogens with one attached hydrogen (secondary N) is 4. The molecule has 20 nitrogen and oxygen atoms in total. The zero-order chi connectivity index (χ0) is 52.9. The maximum absolute atomic E-state index is 13.4. The Bertz CT molecular complexity index is 3200. The maximum atomic E-state index is 13.4. The number of anilines is 4. The summed E-state index contributed by atoms with van der Waals surface area (Å²) in [5.41, 5.74) is 1.08. The number of pyridine rings is 2. The Labute approximate surface area is 438 Å². The number of rotatable bonds is 12. The van der Waals surface area contributed by atoms with Crippen LogP contribution in [0.3, 0.4) is 0 Å².